The molecule has 0 spiro atoms. The molecule has 2 bridgehead atoms. The van der Waals surface area contributed by atoms with Crippen LogP contribution in [0.4, 0.5) is 29.1 Å². The molecule has 13 heteroatoms. The van der Waals surface area contributed by atoms with Crippen LogP contribution in [0.3, 0.4) is 0 Å². The highest BCUT2D eigenvalue weighted by atomic mass is 19.3. The van der Waals surface area contributed by atoms with E-state index in [-0.39, 0.29) is 56.8 Å². The maximum atomic E-state index is 16.9. The molecule has 4 unspecified atom stereocenters. The zero-order valence-electron chi connectivity index (χ0n) is 24.2. The number of anilines is 2. The van der Waals surface area contributed by atoms with Gasteiger partial charge < -0.3 is 30.7 Å². The number of amides is 1. The van der Waals surface area contributed by atoms with Crippen molar-refractivity contribution in [1.82, 2.24) is 20.6 Å². The van der Waals surface area contributed by atoms with Crippen molar-refractivity contribution in [2.45, 2.75) is 89.3 Å². The predicted molar refractivity (Wildman–Crippen MR) is 152 cm³/mol. The molecule has 4 N–H and O–H groups in total. The molecule has 1 aliphatic carbocycles. The number of ether oxygens (including phenoxy) is 2. The van der Waals surface area contributed by atoms with Crippen LogP contribution in [0.1, 0.15) is 62.5 Å². The maximum absolute atomic E-state index is 16.9. The lowest BCUT2D eigenvalue weighted by atomic mass is 9.95. The minimum Gasteiger partial charge on any atom is -0.472 e. The summed E-state index contributed by atoms with van der Waals surface area (Å²) in [5, 5.41) is 6.94. The zero-order valence-corrected chi connectivity index (χ0v) is 24.2. The number of carbonyl (C=O) groups is 1. The molecule has 43 heavy (non-hydrogen) atoms. The van der Waals surface area contributed by atoms with Gasteiger partial charge in [0.25, 0.3) is 5.91 Å². The first-order valence-electron chi connectivity index (χ1n) is 14.4. The van der Waals surface area contributed by atoms with Crippen LogP contribution in [0.2, 0.25) is 0 Å². The minimum absolute atomic E-state index is 0.00753. The number of nitrogens with one attached hydrogen (secondary N) is 2. The van der Waals surface area contributed by atoms with Crippen LogP contribution in [0, 0.1) is 18.6 Å². The van der Waals surface area contributed by atoms with Crippen molar-refractivity contribution in [2.75, 3.05) is 17.2 Å². The fraction of sp³-hybridized carbons (Fsp3) is 0.500. The van der Waals surface area contributed by atoms with Gasteiger partial charge >= 0.3 is 6.61 Å². The summed E-state index contributed by atoms with van der Waals surface area (Å²) in [4.78, 5) is 25.0. The van der Waals surface area contributed by atoms with Gasteiger partial charge in [0.05, 0.1) is 17.0 Å². The lowest BCUT2D eigenvalue weighted by Gasteiger charge is -2.46. The number of benzene rings is 1. The van der Waals surface area contributed by atoms with E-state index in [0.717, 1.165) is 37.8 Å². The summed E-state index contributed by atoms with van der Waals surface area (Å²) in [6, 6.07) is 1.73. The topological polar surface area (TPSA) is 115 Å². The number of piperazine rings is 1. The molecular formula is C30H32F4N6O3. The Morgan fingerprint density at radius 2 is 1.95 bits per heavy atom. The van der Waals surface area contributed by atoms with Crippen LogP contribution in [-0.2, 0) is 0 Å². The van der Waals surface area contributed by atoms with E-state index in [1.165, 1.54) is 0 Å². The molecule has 1 aromatic carbocycles. The Balaban J connectivity index is 1.53. The smallest absolute Gasteiger partial charge is 0.387 e. The summed E-state index contributed by atoms with van der Waals surface area (Å²) in [5.41, 5.74) is 4.44. The number of halogens is 4. The van der Waals surface area contributed by atoms with Gasteiger partial charge in [0, 0.05) is 40.8 Å². The van der Waals surface area contributed by atoms with Crippen LogP contribution < -0.4 is 30.7 Å². The summed E-state index contributed by atoms with van der Waals surface area (Å²) >= 11 is 0. The van der Waals surface area contributed by atoms with Gasteiger partial charge in [-0.2, -0.15) is 8.78 Å². The Morgan fingerprint density at radius 3 is 2.65 bits per heavy atom. The second kappa shape index (κ2) is 9.31. The number of rotatable bonds is 5. The van der Waals surface area contributed by atoms with Crippen molar-refractivity contribution in [1.29, 1.82) is 0 Å². The van der Waals surface area contributed by atoms with Crippen molar-refractivity contribution in [3.63, 3.8) is 0 Å². The van der Waals surface area contributed by atoms with Gasteiger partial charge in [-0.05, 0) is 65.0 Å². The predicted octanol–water partition coefficient (Wildman–Crippen LogP) is 4.83. The van der Waals surface area contributed by atoms with Gasteiger partial charge in [-0.1, -0.05) is 0 Å². The van der Waals surface area contributed by atoms with Crippen molar-refractivity contribution in [3.8, 4) is 22.9 Å². The molecule has 4 atom stereocenters. The van der Waals surface area contributed by atoms with Gasteiger partial charge in [0.15, 0.2) is 17.4 Å². The molecule has 4 aliphatic rings. The van der Waals surface area contributed by atoms with Gasteiger partial charge in [-0.15, -0.1) is 0 Å². The fourth-order valence-electron chi connectivity index (χ4n) is 6.99. The summed E-state index contributed by atoms with van der Waals surface area (Å²) in [6.07, 6.45) is 2.95. The molecule has 3 fully saturated rings. The summed E-state index contributed by atoms with van der Waals surface area (Å²) in [6.45, 7) is 4.63. The molecule has 1 amide bonds. The Bertz CT molecular complexity index is 1700. The van der Waals surface area contributed by atoms with E-state index in [1.807, 2.05) is 13.8 Å². The third-order valence-corrected chi connectivity index (χ3v) is 9.32. The molecule has 2 aromatic heterocycles. The number of aryl methyl sites for hydroxylation is 1. The molecule has 5 heterocycles. The average Bonchev–Trinajstić information content (AvgIpc) is 3.58. The first kappa shape index (κ1) is 27.9. The van der Waals surface area contributed by atoms with Crippen molar-refractivity contribution in [3.05, 3.63) is 35.0 Å². The Hall–Kier alpha value is -3.87. The second-order valence-electron chi connectivity index (χ2n) is 12.8. The number of nitrogens with two attached hydrogens (primary N) is 1. The highest BCUT2D eigenvalue weighted by molar-refractivity contribution is 6.07. The normalized spacial score (nSPS) is 26.6. The summed E-state index contributed by atoms with van der Waals surface area (Å²) < 4.78 is 69.4. The molecule has 0 radical (unpaired) electrons. The lowest BCUT2D eigenvalue weighted by molar-refractivity contribution is -0.0517. The highest BCUT2D eigenvalue weighted by Crippen LogP contribution is 2.48. The van der Waals surface area contributed by atoms with Crippen LogP contribution in [0.15, 0.2) is 12.1 Å². The van der Waals surface area contributed by atoms with Crippen molar-refractivity contribution >= 4 is 28.2 Å². The third-order valence-electron chi connectivity index (χ3n) is 9.32. The third kappa shape index (κ3) is 4.42. The van der Waals surface area contributed by atoms with Crippen LogP contribution >= 0.6 is 0 Å². The standard InChI is InChI=1S/C30H32F4N6O3/c1-12-18-19-25(36-21(12)26(41)39-29(3)7-8-29)40-11-30(4)6-5-17(38-30)23(40)13(2)42-27(19)37-22(20(18)32)15-9-14(35)10-16(31)24(15)43-28(33)34/h9-10,13,17,23,28,38H,5-8,11,35H2,1-4H3,(H,39,41). The Labute approximate surface area is 245 Å². The number of nitrogen functional groups attached to an aromatic ring is 1. The Morgan fingerprint density at radius 1 is 1.21 bits per heavy atom. The molecule has 3 aromatic rings. The number of aromatic nitrogens is 2. The van der Waals surface area contributed by atoms with Gasteiger partial charge in [-0.3, -0.25) is 4.79 Å². The maximum Gasteiger partial charge on any atom is 0.387 e. The molecule has 2 saturated heterocycles. The number of carbonyl (C=O) groups excluding carboxylic acids is 1. The average molecular weight is 601 g/mol. The van der Waals surface area contributed by atoms with E-state index in [2.05, 4.69) is 32.2 Å². The molecular weight excluding hydrogens is 568 g/mol. The molecule has 3 aliphatic heterocycles. The van der Waals surface area contributed by atoms with Gasteiger partial charge in [-0.25, -0.2) is 18.7 Å². The van der Waals surface area contributed by atoms with Crippen LogP contribution in [-0.4, -0.2) is 58.3 Å². The number of nitrogens with zero attached hydrogens (tertiary/aromatic N) is 3. The lowest BCUT2D eigenvalue weighted by Crippen LogP contribution is -2.66. The number of hydrogen-bond acceptors (Lipinski definition) is 8. The fourth-order valence-corrected chi connectivity index (χ4v) is 6.99. The first-order chi connectivity index (χ1) is 20.3. The molecule has 228 valence electrons. The quantitative estimate of drug-likeness (QED) is 0.282. The first-order valence-corrected chi connectivity index (χ1v) is 14.4. The van der Waals surface area contributed by atoms with E-state index in [4.69, 9.17) is 15.5 Å². The monoisotopic (exact) mass is 600 g/mol. The van der Waals surface area contributed by atoms with E-state index in [0.29, 0.717) is 12.4 Å². The summed E-state index contributed by atoms with van der Waals surface area (Å²) in [7, 11) is 0. The number of alkyl halides is 2. The number of hydrogen-bond donors (Lipinski definition) is 3. The summed E-state index contributed by atoms with van der Waals surface area (Å²) in [5.74, 6) is -3.17. The van der Waals surface area contributed by atoms with Gasteiger partial charge in [0.1, 0.15) is 23.3 Å². The zero-order chi connectivity index (χ0) is 30.6. The Kier molecular flexibility index (Phi) is 6.05. The SMILES string of the molecule is Cc1c(C(=O)NC2(C)CC2)nc2c3c(nc(-c4cc(N)cc(F)c4OC(F)F)c(F)c13)OC(C)C1C3CCC(C)(CN21)N3. The van der Waals surface area contributed by atoms with Crippen LogP contribution in [0.25, 0.3) is 22.0 Å². The number of fused-ring (bicyclic) bond motifs is 5. The molecule has 9 nitrogen and oxygen atoms in total. The number of pyridine rings is 2. The molecule has 7 rings (SSSR count). The second-order valence-corrected chi connectivity index (χ2v) is 12.8. The van der Waals surface area contributed by atoms with Crippen molar-refractivity contribution in [2.24, 2.45) is 0 Å². The largest absolute Gasteiger partial charge is 0.472 e. The van der Waals surface area contributed by atoms with E-state index in [1.54, 1.807) is 6.92 Å². The van der Waals surface area contributed by atoms with Crippen molar-refractivity contribution < 1.29 is 31.8 Å². The van der Waals surface area contributed by atoms with E-state index >= 15 is 4.39 Å². The van der Waals surface area contributed by atoms with E-state index in [9.17, 15) is 18.0 Å². The highest BCUT2D eigenvalue weighted by Gasteiger charge is 2.52. The molecule has 1 saturated carbocycles. The van der Waals surface area contributed by atoms with E-state index < -0.39 is 47.3 Å². The minimum atomic E-state index is -3.39. The van der Waals surface area contributed by atoms with Gasteiger partial charge in [0.2, 0.25) is 5.88 Å². The van der Waals surface area contributed by atoms with Crippen LogP contribution in [0.5, 0.6) is 11.6 Å².